The molecule has 0 radical (unpaired) electrons. The highest BCUT2D eigenvalue weighted by molar-refractivity contribution is 5.19. The van der Waals surface area contributed by atoms with Gasteiger partial charge in [0.2, 0.25) is 0 Å². The van der Waals surface area contributed by atoms with Crippen molar-refractivity contribution in [2.75, 3.05) is 13.2 Å². The van der Waals surface area contributed by atoms with E-state index in [9.17, 15) is 0 Å². The molecule has 2 nitrogen and oxygen atoms in total. The van der Waals surface area contributed by atoms with Crippen molar-refractivity contribution in [1.29, 1.82) is 0 Å². The Morgan fingerprint density at radius 2 is 1.92 bits per heavy atom. The van der Waals surface area contributed by atoms with Crippen molar-refractivity contribution in [3.8, 4) is 0 Å². The predicted octanol–water partition coefficient (Wildman–Crippen LogP) is 1.36. The van der Waals surface area contributed by atoms with Gasteiger partial charge in [-0.05, 0) is 18.0 Å². The topological polar surface area (TPSA) is 46.2 Å². The van der Waals surface area contributed by atoms with Crippen LogP contribution in [-0.2, 0) is 0 Å². The first-order chi connectivity index (χ1) is 6.29. The van der Waals surface area contributed by atoms with Crippen molar-refractivity contribution >= 4 is 0 Å². The molecule has 0 unspecified atom stereocenters. The minimum absolute atomic E-state index is 0.159. The van der Waals surface area contributed by atoms with Gasteiger partial charge in [0.1, 0.15) is 0 Å². The van der Waals surface area contributed by atoms with Crippen LogP contribution < -0.4 is 5.73 Å². The molecular weight excluding hydrogens is 162 g/mol. The maximum Gasteiger partial charge on any atom is 0.0477 e. The van der Waals surface area contributed by atoms with Crippen LogP contribution >= 0.6 is 0 Å². The molecule has 0 heterocycles. The largest absolute Gasteiger partial charge is 0.396 e. The molecule has 0 aliphatic rings. The van der Waals surface area contributed by atoms with E-state index in [1.165, 1.54) is 5.56 Å². The van der Waals surface area contributed by atoms with Gasteiger partial charge in [-0.1, -0.05) is 37.3 Å². The molecule has 1 aromatic rings. The standard InChI is InChI=1S/C11H17NO/c1-9(11(7-12)8-13)10-5-3-2-4-6-10/h2-6,9,11,13H,7-8,12H2,1H3/t9-,11-/m1/s1. The quantitative estimate of drug-likeness (QED) is 0.733. The molecule has 0 aromatic heterocycles. The fourth-order valence-electron chi connectivity index (χ4n) is 1.47. The minimum atomic E-state index is 0.159. The number of nitrogens with two attached hydrogens (primary N) is 1. The smallest absolute Gasteiger partial charge is 0.0477 e. The zero-order valence-corrected chi connectivity index (χ0v) is 7.98. The summed E-state index contributed by atoms with van der Waals surface area (Å²) >= 11 is 0. The minimum Gasteiger partial charge on any atom is -0.396 e. The molecule has 2 atom stereocenters. The Balaban J connectivity index is 2.72. The number of benzene rings is 1. The van der Waals surface area contributed by atoms with Gasteiger partial charge in [-0.15, -0.1) is 0 Å². The van der Waals surface area contributed by atoms with Gasteiger partial charge in [0, 0.05) is 12.5 Å². The predicted molar refractivity (Wildman–Crippen MR) is 54.5 cm³/mol. The summed E-state index contributed by atoms with van der Waals surface area (Å²) in [6.45, 7) is 2.79. The van der Waals surface area contributed by atoms with Crippen molar-refractivity contribution < 1.29 is 5.11 Å². The van der Waals surface area contributed by atoms with E-state index < -0.39 is 0 Å². The second-order valence-electron chi connectivity index (χ2n) is 3.38. The molecule has 1 rings (SSSR count). The number of hydrogen-bond acceptors (Lipinski definition) is 2. The molecule has 0 spiro atoms. The lowest BCUT2D eigenvalue weighted by Gasteiger charge is -2.20. The summed E-state index contributed by atoms with van der Waals surface area (Å²) in [5.74, 6) is 0.499. The average Bonchev–Trinajstić information content (AvgIpc) is 2.21. The van der Waals surface area contributed by atoms with E-state index in [1.807, 2.05) is 18.2 Å². The van der Waals surface area contributed by atoms with Crippen molar-refractivity contribution in [3.05, 3.63) is 35.9 Å². The molecule has 2 heteroatoms. The number of rotatable bonds is 4. The van der Waals surface area contributed by atoms with Gasteiger partial charge in [-0.3, -0.25) is 0 Å². The number of aliphatic hydroxyl groups excluding tert-OH is 1. The van der Waals surface area contributed by atoms with E-state index in [-0.39, 0.29) is 12.5 Å². The van der Waals surface area contributed by atoms with E-state index in [0.717, 1.165) is 0 Å². The molecule has 0 saturated carbocycles. The summed E-state index contributed by atoms with van der Waals surface area (Å²) in [4.78, 5) is 0. The molecule has 0 fully saturated rings. The molecule has 13 heavy (non-hydrogen) atoms. The van der Waals surface area contributed by atoms with Crippen LogP contribution in [0.25, 0.3) is 0 Å². The summed E-state index contributed by atoms with van der Waals surface area (Å²) in [6.07, 6.45) is 0. The fraction of sp³-hybridized carbons (Fsp3) is 0.455. The highest BCUT2D eigenvalue weighted by atomic mass is 16.3. The third kappa shape index (κ3) is 2.54. The third-order valence-electron chi connectivity index (χ3n) is 2.57. The first kappa shape index (κ1) is 10.2. The van der Waals surface area contributed by atoms with Gasteiger partial charge in [-0.2, -0.15) is 0 Å². The van der Waals surface area contributed by atoms with Crippen LogP contribution in [0.5, 0.6) is 0 Å². The maximum atomic E-state index is 9.08. The molecule has 72 valence electrons. The normalized spacial score (nSPS) is 15.3. The Bertz CT molecular complexity index is 231. The monoisotopic (exact) mass is 179 g/mol. The third-order valence-corrected chi connectivity index (χ3v) is 2.57. The van der Waals surface area contributed by atoms with E-state index in [0.29, 0.717) is 12.5 Å². The molecule has 0 saturated heterocycles. The second kappa shape index (κ2) is 5.00. The molecule has 0 bridgehead atoms. The van der Waals surface area contributed by atoms with Crippen LogP contribution in [0.4, 0.5) is 0 Å². The van der Waals surface area contributed by atoms with Crippen LogP contribution in [0.2, 0.25) is 0 Å². The van der Waals surface area contributed by atoms with Gasteiger partial charge in [-0.25, -0.2) is 0 Å². The highest BCUT2D eigenvalue weighted by Crippen LogP contribution is 2.22. The average molecular weight is 179 g/mol. The molecule has 1 aromatic carbocycles. The second-order valence-corrected chi connectivity index (χ2v) is 3.38. The summed E-state index contributed by atoms with van der Waals surface area (Å²) in [5, 5.41) is 9.08. The van der Waals surface area contributed by atoms with Gasteiger partial charge in [0.25, 0.3) is 0 Å². The molecule has 0 amide bonds. The Hall–Kier alpha value is -0.860. The first-order valence-corrected chi connectivity index (χ1v) is 4.65. The van der Waals surface area contributed by atoms with Crippen molar-refractivity contribution in [2.45, 2.75) is 12.8 Å². The van der Waals surface area contributed by atoms with Gasteiger partial charge in [0.05, 0.1) is 0 Å². The van der Waals surface area contributed by atoms with Crippen LogP contribution in [0, 0.1) is 5.92 Å². The first-order valence-electron chi connectivity index (χ1n) is 4.65. The molecule has 0 aliphatic heterocycles. The highest BCUT2D eigenvalue weighted by Gasteiger charge is 2.15. The summed E-state index contributed by atoms with van der Waals surface area (Å²) in [7, 11) is 0. The van der Waals surface area contributed by atoms with Crippen molar-refractivity contribution in [1.82, 2.24) is 0 Å². The zero-order valence-electron chi connectivity index (χ0n) is 7.98. The summed E-state index contributed by atoms with van der Waals surface area (Å²) in [5.41, 5.74) is 6.80. The summed E-state index contributed by atoms with van der Waals surface area (Å²) in [6, 6.07) is 10.2. The van der Waals surface area contributed by atoms with E-state index in [2.05, 4.69) is 19.1 Å². The Kier molecular flexibility index (Phi) is 3.93. The SMILES string of the molecule is C[C@H](c1ccccc1)[C@H](CN)CO. The van der Waals surface area contributed by atoms with Crippen LogP contribution in [-0.4, -0.2) is 18.3 Å². The van der Waals surface area contributed by atoms with E-state index in [1.54, 1.807) is 0 Å². The lowest BCUT2D eigenvalue weighted by atomic mass is 9.88. The molecule has 0 aliphatic carbocycles. The molecular formula is C11H17NO. The van der Waals surface area contributed by atoms with Gasteiger partial charge < -0.3 is 10.8 Å². The van der Waals surface area contributed by atoms with Gasteiger partial charge in [0.15, 0.2) is 0 Å². The Labute approximate surface area is 79.4 Å². The zero-order chi connectivity index (χ0) is 9.68. The Morgan fingerprint density at radius 3 is 2.38 bits per heavy atom. The lowest BCUT2D eigenvalue weighted by molar-refractivity contribution is 0.212. The van der Waals surface area contributed by atoms with Crippen molar-refractivity contribution in [2.24, 2.45) is 11.7 Å². The van der Waals surface area contributed by atoms with Crippen LogP contribution in [0.1, 0.15) is 18.4 Å². The van der Waals surface area contributed by atoms with E-state index in [4.69, 9.17) is 10.8 Å². The molecule has 3 N–H and O–H groups in total. The fourth-order valence-corrected chi connectivity index (χ4v) is 1.47. The summed E-state index contributed by atoms with van der Waals surface area (Å²) < 4.78 is 0. The van der Waals surface area contributed by atoms with Gasteiger partial charge >= 0.3 is 0 Å². The van der Waals surface area contributed by atoms with Crippen LogP contribution in [0.15, 0.2) is 30.3 Å². The maximum absolute atomic E-state index is 9.08. The number of hydrogen-bond donors (Lipinski definition) is 2. The Morgan fingerprint density at radius 1 is 1.31 bits per heavy atom. The van der Waals surface area contributed by atoms with Crippen LogP contribution in [0.3, 0.4) is 0 Å². The van der Waals surface area contributed by atoms with E-state index >= 15 is 0 Å². The van der Waals surface area contributed by atoms with Crippen molar-refractivity contribution in [3.63, 3.8) is 0 Å². The lowest BCUT2D eigenvalue weighted by Crippen LogP contribution is -2.23. The number of aliphatic hydroxyl groups is 1.